The summed E-state index contributed by atoms with van der Waals surface area (Å²) in [4.78, 5) is 11.4. The van der Waals surface area contributed by atoms with Crippen molar-refractivity contribution in [3.05, 3.63) is 88.5 Å². The number of hydrogen-bond acceptors (Lipinski definition) is 2. The first-order valence-electron chi connectivity index (χ1n) is 11.1. The molecule has 0 radical (unpaired) electrons. The molecule has 3 aromatic carbocycles. The molecule has 0 aliphatic rings. The molecule has 2 N–H and O–H groups in total. The summed E-state index contributed by atoms with van der Waals surface area (Å²) in [7, 11) is 0. The number of alkyl halides is 3. The molecule has 0 heterocycles. The minimum Gasteiger partial charge on any atom is -0.486 e. The van der Waals surface area contributed by atoms with Crippen molar-refractivity contribution in [3.8, 4) is 16.9 Å². The Hall–Kier alpha value is -3.28. The predicted octanol–water partition coefficient (Wildman–Crippen LogP) is 7.64. The minimum atomic E-state index is -4.36. The van der Waals surface area contributed by atoms with Crippen molar-refractivity contribution in [2.24, 2.45) is 11.1 Å². The Labute approximate surface area is 198 Å². The van der Waals surface area contributed by atoms with E-state index in [1.807, 2.05) is 38.1 Å². The van der Waals surface area contributed by atoms with E-state index in [1.54, 1.807) is 12.1 Å². The predicted molar refractivity (Wildman–Crippen MR) is 129 cm³/mol. The Balaban J connectivity index is 1.92. The average Bonchev–Trinajstić information content (AvgIpc) is 2.71. The number of carbonyl (C=O) groups excluding carboxylic acids is 1. The van der Waals surface area contributed by atoms with Crippen molar-refractivity contribution in [1.29, 1.82) is 0 Å². The summed E-state index contributed by atoms with van der Waals surface area (Å²) in [6.07, 6.45) is -3.88. The molecule has 1 amide bonds. The van der Waals surface area contributed by atoms with Gasteiger partial charge in [0.1, 0.15) is 11.9 Å². The van der Waals surface area contributed by atoms with Gasteiger partial charge in [0.25, 0.3) is 0 Å². The molecule has 0 fully saturated rings. The number of carbonyl (C=O) groups is 1. The van der Waals surface area contributed by atoms with Crippen LogP contribution < -0.4 is 10.5 Å². The van der Waals surface area contributed by atoms with Gasteiger partial charge in [-0.25, -0.2) is 0 Å². The molecule has 0 spiro atoms. The molecular weight excluding hydrogens is 439 g/mol. The molecule has 0 aromatic heterocycles. The van der Waals surface area contributed by atoms with Crippen LogP contribution in [0.2, 0.25) is 0 Å². The summed E-state index contributed by atoms with van der Waals surface area (Å²) in [6, 6.07) is 16.1. The van der Waals surface area contributed by atoms with Gasteiger partial charge >= 0.3 is 6.18 Å². The fourth-order valence-electron chi connectivity index (χ4n) is 4.08. The summed E-state index contributed by atoms with van der Waals surface area (Å²) >= 11 is 0. The maximum absolute atomic E-state index is 12.9. The lowest BCUT2D eigenvalue weighted by molar-refractivity contribution is -0.137. The molecule has 6 heteroatoms. The van der Waals surface area contributed by atoms with Gasteiger partial charge in [-0.2, -0.15) is 13.2 Å². The zero-order valence-electron chi connectivity index (χ0n) is 20.1. The van der Waals surface area contributed by atoms with Crippen LogP contribution in [0.5, 0.6) is 5.75 Å². The highest BCUT2D eigenvalue weighted by molar-refractivity contribution is 5.92. The SMILES string of the molecule is Cc1cc(OC(CC(C)(C)C)c2ccc(C(N)=O)cc2)cc(C)c1-c1ccc(C(F)(F)F)cc1. The molecule has 1 atom stereocenters. The third kappa shape index (κ3) is 6.19. The van der Waals surface area contributed by atoms with Gasteiger partial charge in [-0.1, -0.05) is 45.0 Å². The second-order valence-corrected chi connectivity index (χ2v) is 9.86. The topological polar surface area (TPSA) is 52.3 Å². The van der Waals surface area contributed by atoms with E-state index in [1.165, 1.54) is 12.1 Å². The summed E-state index contributed by atoms with van der Waals surface area (Å²) < 4.78 is 45.2. The van der Waals surface area contributed by atoms with Crippen LogP contribution in [0.3, 0.4) is 0 Å². The number of ether oxygens (including phenoxy) is 1. The third-order valence-electron chi connectivity index (χ3n) is 5.65. The van der Waals surface area contributed by atoms with Crippen LogP contribution in [0.1, 0.15) is 65.9 Å². The van der Waals surface area contributed by atoms with Crippen LogP contribution in [0.25, 0.3) is 11.1 Å². The molecule has 3 nitrogen and oxygen atoms in total. The Kier molecular flexibility index (Phi) is 7.10. The zero-order valence-corrected chi connectivity index (χ0v) is 20.1. The molecule has 180 valence electrons. The number of aryl methyl sites for hydroxylation is 2. The molecule has 0 aliphatic heterocycles. The number of hydrogen-bond donors (Lipinski definition) is 1. The van der Waals surface area contributed by atoms with Crippen LogP contribution in [-0.4, -0.2) is 5.91 Å². The van der Waals surface area contributed by atoms with Gasteiger partial charge in [0.05, 0.1) is 5.56 Å². The molecular formula is C28H30F3NO2. The summed E-state index contributed by atoms with van der Waals surface area (Å²) in [6.45, 7) is 10.2. The number of rotatable bonds is 6. The lowest BCUT2D eigenvalue weighted by Gasteiger charge is -2.28. The second kappa shape index (κ2) is 9.53. The highest BCUT2D eigenvalue weighted by atomic mass is 19.4. The van der Waals surface area contributed by atoms with Gasteiger partial charge in [0.15, 0.2) is 0 Å². The van der Waals surface area contributed by atoms with E-state index in [-0.39, 0.29) is 11.5 Å². The van der Waals surface area contributed by atoms with E-state index in [2.05, 4.69) is 20.8 Å². The van der Waals surface area contributed by atoms with Crippen LogP contribution in [0.15, 0.2) is 60.7 Å². The van der Waals surface area contributed by atoms with Gasteiger partial charge < -0.3 is 10.5 Å². The van der Waals surface area contributed by atoms with Crippen LogP contribution >= 0.6 is 0 Å². The van der Waals surface area contributed by atoms with Crippen molar-refractivity contribution >= 4 is 5.91 Å². The number of benzene rings is 3. The van der Waals surface area contributed by atoms with Crippen LogP contribution in [-0.2, 0) is 6.18 Å². The van der Waals surface area contributed by atoms with Crippen molar-refractivity contribution in [2.75, 3.05) is 0 Å². The Morgan fingerprint density at radius 2 is 1.44 bits per heavy atom. The van der Waals surface area contributed by atoms with Crippen molar-refractivity contribution < 1.29 is 22.7 Å². The molecule has 34 heavy (non-hydrogen) atoms. The summed E-state index contributed by atoms with van der Waals surface area (Å²) in [5, 5.41) is 0. The quantitative estimate of drug-likeness (QED) is 0.403. The van der Waals surface area contributed by atoms with Crippen molar-refractivity contribution in [1.82, 2.24) is 0 Å². The Morgan fingerprint density at radius 3 is 1.88 bits per heavy atom. The number of amides is 1. The Bertz CT molecular complexity index is 1140. The first-order valence-corrected chi connectivity index (χ1v) is 11.1. The maximum Gasteiger partial charge on any atom is 0.416 e. The number of halogens is 3. The molecule has 0 saturated carbocycles. The van der Waals surface area contributed by atoms with Crippen LogP contribution in [0, 0.1) is 19.3 Å². The van der Waals surface area contributed by atoms with E-state index in [4.69, 9.17) is 10.5 Å². The van der Waals surface area contributed by atoms with Crippen molar-refractivity contribution in [2.45, 2.75) is 53.3 Å². The monoisotopic (exact) mass is 469 g/mol. The summed E-state index contributed by atoms with van der Waals surface area (Å²) in [5.41, 5.74) is 9.48. The first-order chi connectivity index (χ1) is 15.7. The average molecular weight is 470 g/mol. The first kappa shape index (κ1) is 25.3. The van der Waals surface area contributed by atoms with E-state index < -0.39 is 17.6 Å². The number of nitrogens with two attached hydrogens (primary N) is 1. The molecule has 1 unspecified atom stereocenters. The van der Waals surface area contributed by atoms with E-state index >= 15 is 0 Å². The number of primary amides is 1. The normalized spacial score (nSPS) is 12.9. The zero-order chi connectivity index (χ0) is 25.3. The lowest BCUT2D eigenvalue weighted by Crippen LogP contribution is -2.17. The van der Waals surface area contributed by atoms with Gasteiger partial charge in [-0.3, -0.25) is 4.79 Å². The second-order valence-electron chi connectivity index (χ2n) is 9.86. The highest BCUT2D eigenvalue weighted by Gasteiger charge is 2.30. The van der Waals surface area contributed by atoms with Gasteiger partial charge in [0, 0.05) is 5.56 Å². The molecule has 0 bridgehead atoms. The lowest BCUT2D eigenvalue weighted by atomic mass is 9.86. The van der Waals surface area contributed by atoms with Gasteiger partial charge in [0.2, 0.25) is 5.91 Å². The smallest absolute Gasteiger partial charge is 0.416 e. The molecule has 0 aliphatic carbocycles. The van der Waals surface area contributed by atoms with E-state index in [0.29, 0.717) is 11.3 Å². The van der Waals surface area contributed by atoms with E-state index in [0.717, 1.165) is 46.4 Å². The Morgan fingerprint density at radius 1 is 0.912 bits per heavy atom. The van der Waals surface area contributed by atoms with Gasteiger partial charge in [-0.05, 0) is 89.9 Å². The summed E-state index contributed by atoms with van der Waals surface area (Å²) in [5.74, 6) is 0.198. The highest BCUT2D eigenvalue weighted by Crippen LogP contribution is 2.37. The van der Waals surface area contributed by atoms with E-state index in [9.17, 15) is 18.0 Å². The maximum atomic E-state index is 12.9. The van der Waals surface area contributed by atoms with Gasteiger partial charge in [-0.15, -0.1) is 0 Å². The van der Waals surface area contributed by atoms with Crippen molar-refractivity contribution in [3.63, 3.8) is 0 Å². The largest absolute Gasteiger partial charge is 0.486 e. The fraction of sp³-hybridized carbons (Fsp3) is 0.321. The minimum absolute atomic E-state index is 0.0166. The standard InChI is InChI=1S/C28H30F3NO2/c1-17-14-23(15-18(2)25(17)20-10-12-22(13-11-20)28(29,30)31)34-24(16-27(3,4)5)19-6-8-21(9-7-19)26(32)33/h6-15,24H,16H2,1-5H3,(H2,32,33). The third-order valence-corrected chi connectivity index (χ3v) is 5.65. The molecule has 0 saturated heterocycles. The molecule has 3 rings (SSSR count). The van der Waals surface area contributed by atoms with Crippen LogP contribution in [0.4, 0.5) is 13.2 Å². The fourth-order valence-corrected chi connectivity index (χ4v) is 4.08. The molecule has 3 aromatic rings.